The molecule has 1 N–H and O–H groups in total. The predicted molar refractivity (Wildman–Crippen MR) is 105 cm³/mol. The summed E-state index contributed by atoms with van der Waals surface area (Å²) in [4.78, 5) is 11.4. The third kappa shape index (κ3) is 3.06. The molecule has 0 radical (unpaired) electrons. The van der Waals surface area contributed by atoms with Crippen molar-refractivity contribution in [3.63, 3.8) is 0 Å². The second-order valence-electron chi connectivity index (χ2n) is 6.26. The van der Waals surface area contributed by atoms with Crippen molar-refractivity contribution < 1.29 is 4.74 Å². The minimum atomic E-state index is 0.309. The Kier molecular flexibility index (Phi) is 4.39. The third-order valence-electron chi connectivity index (χ3n) is 4.49. The standard InChI is InChI=1S/C20H19ClN4O/c1-13-11-14-5-3-4-6-17(14)25(13)20-22-10-9-19(24-20)23-16-12-15(21)7-8-18(16)26-2/h3-10,12-13H,11H2,1-2H3,(H,22,23,24). The number of methoxy groups -OCH3 is 1. The van der Waals surface area contributed by atoms with Gasteiger partial charge in [-0.05, 0) is 49.2 Å². The van der Waals surface area contributed by atoms with Gasteiger partial charge >= 0.3 is 0 Å². The fourth-order valence-corrected chi connectivity index (χ4v) is 3.49. The lowest BCUT2D eigenvalue weighted by Gasteiger charge is -2.23. The van der Waals surface area contributed by atoms with Gasteiger partial charge in [0.25, 0.3) is 0 Å². The first kappa shape index (κ1) is 16.7. The van der Waals surface area contributed by atoms with Crippen LogP contribution >= 0.6 is 11.6 Å². The number of nitrogens with one attached hydrogen (secondary N) is 1. The highest BCUT2D eigenvalue weighted by atomic mass is 35.5. The van der Waals surface area contributed by atoms with Crippen LogP contribution in [0.4, 0.5) is 23.1 Å². The van der Waals surface area contributed by atoms with E-state index in [2.05, 4.69) is 40.3 Å². The van der Waals surface area contributed by atoms with Gasteiger partial charge in [-0.3, -0.25) is 0 Å². The number of hydrogen-bond donors (Lipinski definition) is 1. The monoisotopic (exact) mass is 366 g/mol. The van der Waals surface area contributed by atoms with Gasteiger partial charge in [-0.1, -0.05) is 29.8 Å². The van der Waals surface area contributed by atoms with Crippen LogP contribution in [0.5, 0.6) is 5.75 Å². The van der Waals surface area contributed by atoms with Crippen molar-refractivity contribution in [2.24, 2.45) is 0 Å². The second kappa shape index (κ2) is 6.84. The van der Waals surface area contributed by atoms with Crippen molar-refractivity contribution in [2.45, 2.75) is 19.4 Å². The Balaban J connectivity index is 1.67. The van der Waals surface area contributed by atoms with Crippen LogP contribution in [-0.2, 0) is 6.42 Å². The molecule has 0 saturated heterocycles. The quantitative estimate of drug-likeness (QED) is 0.706. The Morgan fingerprint density at radius 3 is 2.88 bits per heavy atom. The number of para-hydroxylation sites is 1. The Hall–Kier alpha value is -2.79. The molecule has 0 spiro atoms. The van der Waals surface area contributed by atoms with E-state index < -0.39 is 0 Å². The van der Waals surface area contributed by atoms with Crippen molar-refractivity contribution in [3.8, 4) is 5.75 Å². The van der Waals surface area contributed by atoms with E-state index in [-0.39, 0.29) is 0 Å². The molecule has 1 aliphatic rings. The Labute approximate surface area is 157 Å². The van der Waals surface area contributed by atoms with Crippen LogP contribution in [0.1, 0.15) is 12.5 Å². The lowest BCUT2D eigenvalue weighted by Crippen LogP contribution is -2.25. The molecule has 0 amide bonds. The molecule has 1 atom stereocenters. The molecule has 26 heavy (non-hydrogen) atoms. The zero-order valence-electron chi connectivity index (χ0n) is 14.6. The Bertz CT molecular complexity index is 947. The van der Waals surface area contributed by atoms with E-state index in [1.165, 1.54) is 5.56 Å². The molecule has 3 aromatic rings. The van der Waals surface area contributed by atoms with Gasteiger partial charge in [0.05, 0.1) is 12.8 Å². The number of anilines is 4. The summed E-state index contributed by atoms with van der Waals surface area (Å²) in [5, 5.41) is 3.91. The number of benzene rings is 2. The highest BCUT2D eigenvalue weighted by Crippen LogP contribution is 2.37. The molecule has 0 aliphatic carbocycles. The van der Waals surface area contributed by atoms with E-state index in [1.54, 1.807) is 19.4 Å². The van der Waals surface area contributed by atoms with Gasteiger partial charge in [-0.25, -0.2) is 4.98 Å². The molecule has 2 aromatic carbocycles. The summed E-state index contributed by atoms with van der Waals surface area (Å²) in [5.41, 5.74) is 3.25. The van der Waals surface area contributed by atoms with Crippen molar-refractivity contribution >= 4 is 34.7 Å². The van der Waals surface area contributed by atoms with E-state index >= 15 is 0 Å². The smallest absolute Gasteiger partial charge is 0.232 e. The minimum absolute atomic E-state index is 0.309. The molecular formula is C20H19ClN4O. The summed E-state index contributed by atoms with van der Waals surface area (Å²) in [6.07, 6.45) is 2.74. The SMILES string of the molecule is COc1ccc(Cl)cc1Nc1ccnc(N2c3ccccc3CC2C)n1. The van der Waals surface area contributed by atoms with E-state index in [0.29, 0.717) is 28.6 Å². The van der Waals surface area contributed by atoms with Gasteiger partial charge in [0, 0.05) is 22.9 Å². The van der Waals surface area contributed by atoms with Crippen LogP contribution < -0.4 is 15.0 Å². The molecule has 0 fully saturated rings. The number of hydrogen-bond acceptors (Lipinski definition) is 5. The molecule has 5 nitrogen and oxygen atoms in total. The highest BCUT2D eigenvalue weighted by Gasteiger charge is 2.28. The maximum Gasteiger partial charge on any atom is 0.232 e. The third-order valence-corrected chi connectivity index (χ3v) is 4.72. The van der Waals surface area contributed by atoms with Gasteiger partial charge in [0.15, 0.2) is 0 Å². The van der Waals surface area contributed by atoms with Gasteiger partial charge in [-0.15, -0.1) is 0 Å². The highest BCUT2D eigenvalue weighted by molar-refractivity contribution is 6.31. The predicted octanol–water partition coefficient (Wildman–Crippen LogP) is 4.96. The molecule has 1 unspecified atom stereocenters. The molecule has 1 aromatic heterocycles. The van der Waals surface area contributed by atoms with Crippen molar-refractivity contribution in [1.82, 2.24) is 9.97 Å². The second-order valence-corrected chi connectivity index (χ2v) is 6.70. The maximum absolute atomic E-state index is 6.11. The average Bonchev–Trinajstić information content (AvgIpc) is 2.98. The van der Waals surface area contributed by atoms with Gasteiger partial charge < -0.3 is 15.0 Å². The molecule has 6 heteroatoms. The summed E-state index contributed by atoms with van der Waals surface area (Å²) in [6, 6.07) is 16.0. The van der Waals surface area contributed by atoms with Crippen LogP contribution in [0, 0.1) is 0 Å². The molecule has 0 saturated carbocycles. The number of nitrogens with zero attached hydrogens (tertiary/aromatic N) is 3. The summed E-state index contributed by atoms with van der Waals surface area (Å²) in [7, 11) is 1.63. The van der Waals surface area contributed by atoms with Crippen LogP contribution in [0.3, 0.4) is 0 Å². The molecule has 0 bridgehead atoms. The van der Waals surface area contributed by atoms with Crippen LogP contribution in [0.15, 0.2) is 54.7 Å². The maximum atomic E-state index is 6.11. The van der Waals surface area contributed by atoms with Crippen molar-refractivity contribution in [2.75, 3.05) is 17.3 Å². The number of fused-ring (bicyclic) bond motifs is 1. The first-order chi connectivity index (χ1) is 12.7. The fourth-order valence-electron chi connectivity index (χ4n) is 3.32. The summed E-state index contributed by atoms with van der Waals surface area (Å²) < 4.78 is 5.39. The van der Waals surface area contributed by atoms with E-state index in [1.807, 2.05) is 24.3 Å². The number of ether oxygens (including phenoxy) is 1. The zero-order valence-corrected chi connectivity index (χ0v) is 15.4. The largest absolute Gasteiger partial charge is 0.495 e. The normalized spacial score (nSPS) is 15.7. The minimum Gasteiger partial charge on any atom is -0.495 e. The number of halogens is 1. The Morgan fingerprint density at radius 1 is 1.19 bits per heavy atom. The molecule has 4 rings (SSSR count). The van der Waals surface area contributed by atoms with Crippen LogP contribution in [-0.4, -0.2) is 23.1 Å². The first-order valence-electron chi connectivity index (χ1n) is 8.46. The van der Waals surface area contributed by atoms with E-state index in [9.17, 15) is 0 Å². The van der Waals surface area contributed by atoms with Gasteiger partial charge in [0.2, 0.25) is 5.95 Å². The van der Waals surface area contributed by atoms with E-state index in [4.69, 9.17) is 21.3 Å². The Morgan fingerprint density at radius 2 is 2.04 bits per heavy atom. The van der Waals surface area contributed by atoms with Crippen LogP contribution in [0.25, 0.3) is 0 Å². The number of rotatable bonds is 4. The lowest BCUT2D eigenvalue weighted by atomic mass is 10.1. The molecule has 132 valence electrons. The first-order valence-corrected chi connectivity index (χ1v) is 8.84. The van der Waals surface area contributed by atoms with Crippen LogP contribution in [0.2, 0.25) is 5.02 Å². The summed E-state index contributed by atoms with van der Waals surface area (Å²) in [6.45, 7) is 2.18. The van der Waals surface area contributed by atoms with E-state index in [0.717, 1.165) is 17.8 Å². The summed E-state index contributed by atoms with van der Waals surface area (Å²) >= 11 is 6.11. The molecular weight excluding hydrogens is 348 g/mol. The summed E-state index contributed by atoms with van der Waals surface area (Å²) in [5.74, 6) is 2.06. The van der Waals surface area contributed by atoms with Crippen molar-refractivity contribution in [3.05, 3.63) is 65.3 Å². The fraction of sp³-hybridized carbons (Fsp3) is 0.200. The zero-order chi connectivity index (χ0) is 18.1. The van der Waals surface area contributed by atoms with Crippen molar-refractivity contribution in [1.29, 1.82) is 0 Å². The molecule has 1 aliphatic heterocycles. The number of aromatic nitrogens is 2. The topological polar surface area (TPSA) is 50.3 Å². The van der Waals surface area contributed by atoms with Gasteiger partial charge in [-0.2, -0.15) is 4.98 Å². The van der Waals surface area contributed by atoms with Gasteiger partial charge in [0.1, 0.15) is 11.6 Å². The lowest BCUT2D eigenvalue weighted by molar-refractivity contribution is 0.417. The average molecular weight is 367 g/mol. The molecule has 2 heterocycles.